The van der Waals surface area contributed by atoms with Crippen molar-refractivity contribution < 1.29 is 14.9 Å². The highest BCUT2D eigenvalue weighted by molar-refractivity contribution is 8.18. The number of nitrogens with one attached hydrogen (secondary N) is 1. The molecule has 0 unspecified atom stereocenters. The minimum Gasteiger partial charge on any atom is -0.394 e. The maximum atomic E-state index is 12.0. The zero-order chi connectivity index (χ0) is 15.0. The fourth-order valence-electron chi connectivity index (χ4n) is 2.63. The minimum absolute atomic E-state index is 0.321. The van der Waals surface area contributed by atoms with Gasteiger partial charge in [0.2, 0.25) is 0 Å². The standard InChI is InChI=1S/C12H16N2O5S2/c15-6-7-9(17)12(20-4-1-5-21-12)10(19-7)14-3-2-8(16)13-11(14)18/h2-3,7,9-10,15,17H,1,4-6H2,(H,13,16,18)/t7-,9-,10-/m1/s1. The normalized spacial score (nSPS) is 31.6. The van der Waals surface area contributed by atoms with Crippen LogP contribution in [-0.4, -0.2) is 54.2 Å². The quantitative estimate of drug-likeness (QED) is 0.661. The first-order valence-corrected chi connectivity index (χ1v) is 8.59. The summed E-state index contributed by atoms with van der Waals surface area (Å²) in [4.78, 5) is 25.4. The van der Waals surface area contributed by atoms with Crippen LogP contribution in [0.2, 0.25) is 0 Å². The zero-order valence-electron chi connectivity index (χ0n) is 11.1. The molecule has 2 aliphatic rings. The van der Waals surface area contributed by atoms with E-state index in [-0.39, 0.29) is 6.61 Å². The number of H-pyrrole nitrogens is 1. The number of nitrogens with zero attached hydrogens (tertiary/aromatic N) is 1. The van der Waals surface area contributed by atoms with Crippen molar-refractivity contribution in [2.75, 3.05) is 18.1 Å². The number of ether oxygens (including phenoxy) is 1. The van der Waals surface area contributed by atoms with Crippen molar-refractivity contribution in [3.05, 3.63) is 33.1 Å². The van der Waals surface area contributed by atoms with Gasteiger partial charge in [0.05, 0.1) is 6.61 Å². The summed E-state index contributed by atoms with van der Waals surface area (Å²) in [7, 11) is 0. The van der Waals surface area contributed by atoms with Crippen molar-refractivity contribution >= 4 is 23.5 Å². The Morgan fingerprint density at radius 2 is 2.14 bits per heavy atom. The maximum absolute atomic E-state index is 12.0. The average Bonchev–Trinajstić information content (AvgIpc) is 2.74. The van der Waals surface area contributed by atoms with E-state index in [0.29, 0.717) is 0 Å². The van der Waals surface area contributed by atoms with Gasteiger partial charge in [-0.05, 0) is 17.9 Å². The molecule has 3 atom stereocenters. The van der Waals surface area contributed by atoms with Gasteiger partial charge >= 0.3 is 5.69 Å². The van der Waals surface area contributed by atoms with Gasteiger partial charge in [-0.1, -0.05) is 0 Å². The van der Waals surface area contributed by atoms with Gasteiger partial charge in [0.1, 0.15) is 16.3 Å². The van der Waals surface area contributed by atoms with Crippen molar-refractivity contribution in [1.29, 1.82) is 0 Å². The number of hydrogen-bond acceptors (Lipinski definition) is 7. The molecule has 0 amide bonds. The van der Waals surface area contributed by atoms with E-state index >= 15 is 0 Å². The van der Waals surface area contributed by atoms with Crippen LogP contribution in [0.15, 0.2) is 21.9 Å². The lowest BCUT2D eigenvalue weighted by atomic mass is 10.1. The Morgan fingerprint density at radius 3 is 2.76 bits per heavy atom. The summed E-state index contributed by atoms with van der Waals surface area (Å²) in [6.07, 6.45) is 0.0224. The predicted molar refractivity (Wildman–Crippen MR) is 80.6 cm³/mol. The van der Waals surface area contributed by atoms with E-state index in [2.05, 4.69) is 4.98 Å². The number of aromatic amines is 1. The van der Waals surface area contributed by atoms with Crippen molar-refractivity contribution in [2.45, 2.75) is 28.9 Å². The van der Waals surface area contributed by atoms with Gasteiger partial charge in [-0.15, -0.1) is 23.5 Å². The molecular weight excluding hydrogens is 316 g/mol. The van der Waals surface area contributed by atoms with Crippen LogP contribution >= 0.6 is 23.5 Å². The van der Waals surface area contributed by atoms with E-state index in [4.69, 9.17) is 4.74 Å². The first kappa shape index (κ1) is 15.2. The second-order valence-corrected chi connectivity index (χ2v) is 7.95. The molecule has 3 rings (SSSR count). The van der Waals surface area contributed by atoms with Crippen LogP contribution in [0, 0.1) is 0 Å². The number of aliphatic hydroxyl groups is 2. The largest absolute Gasteiger partial charge is 0.394 e. The van der Waals surface area contributed by atoms with E-state index in [1.165, 1.54) is 16.8 Å². The summed E-state index contributed by atoms with van der Waals surface area (Å²) in [5.74, 6) is 1.69. The SMILES string of the molecule is O=c1ccn([C@@H]2O[C@H](CO)[C@@H](O)C23SCCCS3)c(=O)[nH]1. The minimum atomic E-state index is -0.887. The molecule has 3 heterocycles. The summed E-state index contributed by atoms with van der Waals surface area (Å²) in [6, 6.07) is 1.25. The van der Waals surface area contributed by atoms with Crippen molar-refractivity contribution in [1.82, 2.24) is 9.55 Å². The molecule has 0 bridgehead atoms. The van der Waals surface area contributed by atoms with E-state index < -0.39 is 33.8 Å². The van der Waals surface area contributed by atoms with Crippen LogP contribution < -0.4 is 11.2 Å². The molecule has 0 saturated carbocycles. The Kier molecular flexibility index (Phi) is 4.19. The van der Waals surface area contributed by atoms with Crippen molar-refractivity contribution in [3.8, 4) is 0 Å². The maximum Gasteiger partial charge on any atom is 0.330 e. The Labute approximate surface area is 128 Å². The molecule has 1 spiro atoms. The molecule has 3 N–H and O–H groups in total. The van der Waals surface area contributed by atoms with E-state index in [9.17, 15) is 19.8 Å². The zero-order valence-corrected chi connectivity index (χ0v) is 12.7. The van der Waals surface area contributed by atoms with Gasteiger partial charge in [-0.3, -0.25) is 14.3 Å². The predicted octanol–water partition coefficient (Wildman–Crippen LogP) is -0.646. The summed E-state index contributed by atoms with van der Waals surface area (Å²) >= 11 is 3.08. The van der Waals surface area contributed by atoms with E-state index in [0.717, 1.165) is 17.9 Å². The summed E-state index contributed by atoms with van der Waals surface area (Å²) in [5, 5.41) is 19.9. The lowest BCUT2D eigenvalue weighted by Crippen LogP contribution is -2.46. The molecule has 0 radical (unpaired) electrons. The van der Waals surface area contributed by atoms with Gasteiger partial charge in [-0.2, -0.15) is 0 Å². The lowest BCUT2D eigenvalue weighted by Gasteiger charge is -2.38. The Bertz CT molecular complexity index is 625. The van der Waals surface area contributed by atoms with Gasteiger partial charge < -0.3 is 14.9 Å². The van der Waals surface area contributed by atoms with Gasteiger partial charge in [0, 0.05) is 12.3 Å². The molecule has 7 nitrogen and oxygen atoms in total. The van der Waals surface area contributed by atoms with Crippen LogP contribution in [0.1, 0.15) is 12.6 Å². The van der Waals surface area contributed by atoms with Crippen molar-refractivity contribution in [3.63, 3.8) is 0 Å². The van der Waals surface area contributed by atoms with Gasteiger partial charge in [-0.25, -0.2) is 4.79 Å². The third kappa shape index (κ3) is 2.46. The fraction of sp³-hybridized carbons (Fsp3) is 0.667. The molecule has 2 fully saturated rings. The van der Waals surface area contributed by atoms with Crippen LogP contribution in [0.25, 0.3) is 0 Å². The number of thioether (sulfide) groups is 2. The Morgan fingerprint density at radius 1 is 1.43 bits per heavy atom. The first-order valence-electron chi connectivity index (χ1n) is 6.62. The van der Waals surface area contributed by atoms with Crippen LogP contribution in [0.4, 0.5) is 0 Å². The van der Waals surface area contributed by atoms with Crippen molar-refractivity contribution in [2.24, 2.45) is 0 Å². The average molecular weight is 332 g/mol. The topological polar surface area (TPSA) is 105 Å². The Hall–Kier alpha value is -0.740. The summed E-state index contributed by atoms with van der Waals surface area (Å²) < 4.78 is 6.26. The number of aliphatic hydroxyl groups excluding tert-OH is 2. The fourth-order valence-corrected chi connectivity index (χ4v) is 6.13. The second kappa shape index (κ2) is 5.81. The molecule has 0 aliphatic carbocycles. The molecule has 9 heteroatoms. The number of rotatable bonds is 2. The lowest BCUT2D eigenvalue weighted by molar-refractivity contribution is -0.0460. The molecular formula is C12H16N2O5S2. The molecule has 1 aromatic heterocycles. The third-order valence-electron chi connectivity index (χ3n) is 3.64. The molecule has 21 heavy (non-hydrogen) atoms. The molecule has 2 saturated heterocycles. The highest BCUT2D eigenvalue weighted by atomic mass is 32.2. The van der Waals surface area contributed by atoms with Gasteiger partial charge in [0.25, 0.3) is 5.56 Å². The molecule has 2 aliphatic heterocycles. The smallest absolute Gasteiger partial charge is 0.330 e. The molecule has 0 aromatic carbocycles. The highest BCUT2D eigenvalue weighted by Crippen LogP contribution is 2.56. The second-order valence-electron chi connectivity index (χ2n) is 4.94. The highest BCUT2D eigenvalue weighted by Gasteiger charge is 2.58. The number of aromatic nitrogens is 2. The van der Waals surface area contributed by atoms with Crippen LogP contribution in [0.5, 0.6) is 0 Å². The molecule has 1 aromatic rings. The van der Waals surface area contributed by atoms with Gasteiger partial charge in [0.15, 0.2) is 6.23 Å². The third-order valence-corrected chi connectivity index (χ3v) is 7.12. The van der Waals surface area contributed by atoms with Crippen LogP contribution in [-0.2, 0) is 4.74 Å². The van der Waals surface area contributed by atoms with Crippen LogP contribution in [0.3, 0.4) is 0 Å². The number of hydrogen-bond donors (Lipinski definition) is 3. The first-order chi connectivity index (χ1) is 10.1. The summed E-state index contributed by atoms with van der Waals surface area (Å²) in [6.45, 7) is -0.321. The Balaban J connectivity index is 2.06. The summed E-state index contributed by atoms with van der Waals surface area (Å²) in [5.41, 5.74) is -1.06. The monoisotopic (exact) mass is 332 g/mol. The van der Waals surface area contributed by atoms with E-state index in [1.54, 1.807) is 23.5 Å². The molecule has 116 valence electrons. The van der Waals surface area contributed by atoms with E-state index in [1.807, 2.05) is 0 Å².